The Morgan fingerprint density at radius 1 is 1.07 bits per heavy atom. The molecule has 0 amide bonds. The molecule has 1 saturated heterocycles. The summed E-state index contributed by atoms with van der Waals surface area (Å²) in [7, 11) is 2.38. The highest BCUT2D eigenvalue weighted by atomic mass is 35.5. The minimum atomic E-state index is 0.358. The second kappa shape index (κ2) is 7.16. The van der Waals surface area contributed by atoms with E-state index in [9.17, 15) is 0 Å². The molecule has 1 aliphatic heterocycles. The van der Waals surface area contributed by atoms with Gasteiger partial charge in [-0.2, -0.15) is 0 Å². The van der Waals surface area contributed by atoms with E-state index in [1.165, 1.54) is 51.5 Å². The Balaban J connectivity index is 1.39. The maximum Gasteiger partial charge on any atom is 0.119 e. The quantitative estimate of drug-likeness (QED) is 0.534. The van der Waals surface area contributed by atoms with E-state index in [1.807, 2.05) is 24.3 Å². The fourth-order valence-electron chi connectivity index (χ4n) is 8.47. The lowest BCUT2D eigenvalue weighted by Gasteiger charge is -2.63. The average molecular weight is 416 g/mol. The van der Waals surface area contributed by atoms with Crippen molar-refractivity contribution in [1.82, 2.24) is 4.90 Å². The van der Waals surface area contributed by atoms with Crippen LogP contribution >= 0.6 is 11.6 Å². The van der Waals surface area contributed by atoms with E-state index in [4.69, 9.17) is 16.3 Å². The Hall–Kier alpha value is -0.730. The molecule has 5 rings (SSSR count). The van der Waals surface area contributed by atoms with Crippen LogP contribution in [0.25, 0.3) is 0 Å². The monoisotopic (exact) mass is 415 g/mol. The van der Waals surface area contributed by atoms with Gasteiger partial charge in [0, 0.05) is 11.1 Å². The maximum atomic E-state index is 6.48. The normalized spacial score (nSPS) is 47.2. The van der Waals surface area contributed by atoms with Gasteiger partial charge in [0.05, 0.1) is 6.10 Å². The molecule has 3 saturated carbocycles. The first kappa shape index (κ1) is 20.2. The molecule has 0 bridgehead atoms. The minimum absolute atomic E-state index is 0.358. The van der Waals surface area contributed by atoms with E-state index in [2.05, 4.69) is 32.7 Å². The molecule has 4 fully saturated rings. The Labute approximate surface area is 182 Å². The standard InChI is InChI=1S/C26H38ClNO/c1-17-14-23-26(3,11-5-13-28(23)4)21-10-12-25(2)16-20(15-22(25)24(17)21)29-19-8-6-18(27)7-9-19/h6-9,17,20-24H,5,10-16H2,1-4H3/t17?,20?,21-,22+,23?,24-,25-,26-/m1/s1. The van der Waals surface area contributed by atoms with Gasteiger partial charge in [0.2, 0.25) is 0 Å². The van der Waals surface area contributed by atoms with E-state index < -0.39 is 0 Å². The number of rotatable bonds is 2. The first-order chi connectivity index (χ1) is 13.8. The molecule has 8 atom stereocenters. The molecule has 0 spiro atoms. The summed E-state index contributed by atoms with van der Waals surface area (Å²) in [4.78, 5) is 2.70. The van der Waals surface area contributed by atoms with Crippen molar-refractivity contribution >= 4 is 11.6 Å². The lowest BCUT2D eigenvalue weighted by molar-refractivity contribution is -0.138. The van der Waals surface area contributed by atoms with Crippen molar-refractivity contribution in [2.75, 3.05) is 13.6 Å². The van der Waals surface area contributed by atoms with Crippen LogP contribution in [-0.2, 0) is 0 Å². The summed E-state index contributed by atoms with van der Waals surface area (Å²) in [6.07, 6.45) is 9.84. The molecule has 0 radical (unpaired) electrons. The summed E-state index contributed by atoms with van der Waals surface area (Å²) in [5.41, 5.74) is 0.969. The van der Waals surface area contributed by atoms with Gasteiger partial charge < -0.3 is 9.64 Å². The summed E-state index contributed by atoms with van der Waals surface area (Å²) in [6.45, 7) is 9.09. The summed E-state index contributed by atoms with van der Waals surface area (Å²) in [5, 5.41) is 0.781. The predicted molar refractivity (Wildman–Crippen MR) is 120 cm³/mol. The van der Waals surface area contributed by atoms with Gasteiger partial charge in [-0.05, 0) is 117 Å². The third-order valence-electron chi connectivity index (χ3n) is 9.80. The minimum Gasteiger partial charge on any atom is -0.490 e. The van der Waals surface area contributed by atoms with Crippen LogP contribution in [0.15, 0.2) is 24.3 Å². The lowest BCUT2D eigenvalue weighted by atomic mass is 9.45. The van der Waals surface area contributed by atoms with E-state index in [0.29, 0.717) is 16.9 Å². The Morgan fingerprint density at radius 2 is 1.83 bits per heavy atom. The molecule has 3 aliphatic carbocycles. The Morgan fingerprint density at radius 3 is 2.59 bits per heavy atom. The van der Waals surface area contributed by atoms with Gasteiger partial charge in [0.25, 0.3) is 0 Å². The first-order valence-corrected chi connectivity index (χ1v) is 12.3. The van der Waals surface area contributed by atoms with Crippen LogP contribution in [0.4, 0.5) is 0 Å². The van der Waals surface area contributed by atoms with Gasteiger partial charge in [-0.25, -0.2) is 0 Å². The van der Waals surface area contributed by atoms with Crippen molar-refractivity contribution in [1.29, 1.82) is 0 Å². The van der Waals surface area contributed by atoms with Crippen molar-refractivity contribution in [3.8, 4) is 5.75 Å². The molecule has 0 N–H and O–H groups in total. The lowest BCUT2D eigenvalue weighted by Crippen LogP contribution is -2.61. The first-order valence-electron chi connectivity index (χ1n) is 11.9. The highest BCUT2D eigenvalue weighted by molar-refractivity contribution is 6.30. The number of fused-ring (bicyclic) bond motifs is 5. The number of hydrogen-bond donors (Lipinski definition) is 0. The van der Waals surface area contributed by atoms with Crippen molar-refractivity contribution < 1.29 is 4.74 Å². The highest BCUT2D eigenvalue weighted by Crippen LogP contribution is 2.66. The molecule has 3 unspecified atom stereocenters. The number of halogens is 1. The van der Waals surface area contributed by atoms with Crippen molar-refractivity contribution in [2.45, 2.75) is 77.9 Å². The van der Waals surface area contributed by atoms with Crippen molar-refractivity contribution in [2.24, 2.45) is 34.5 Å². The van der Waals surface area contributed by atoms with Crippen molar-refractivity contribution in [3.05, 3.63) is 29.3 Å². The van der Waals surface area contributed by atoms with Crippen LogP contribution in [0.5, 0.6) is 5.75 Å². The second-order valence-corrected chi connectivity index (χ2v) is 11.9. The van der Waals surface area contributed by atoms with Crippen LogP contribution in [0.3, 0.4) is 0 Å². The van der Waals surface area contributed by atoms with Gasteiger partial charge >= 0.3 is 0 Å². The molecule has 1 heterocycles. The molecule has 0 aromatic heterocycles. The average Bonchev–Trinajstić information content (AvgIpc) is 3.01. The number of hydrogen-bond acceptors (Lipinski definition) is 2. The Bertz CT molecular complexity index is 750. The Kier molecular flexibility index (Phi) is 4.98. The zero-order valence-corrected chi connectivity index (χ0v) is 19.4. The van der Waals surface area contributed by atoms with Crippen LogP contribution in [-0.4, -0.2) is 30.6 Å². The molecule has 1 aromatic rings. The zero-order chi connectivity index (χ0) is 20.4. The molecule has 1 aromatic carbocycles. The van der Waals surface area contributed by atoms with Gasteiger partial charge in [-0.1, -0.05) is 32.4 Å². The van der Waals surface area contributed by atoms with Crippen LogP contribution < -0.4 is 4.74 Å². The third kappa shape index (κ3) is 3.24. The molecule has 29 heavy (non-hydrogen) atoms. The van der Waals surface area contributed by atoms with E-state index in [0.717, 1.165) is 40.5 Å². The summed E-state index contributed by atoms with van der Waals surface area (Å²) in [5.74, 6) is 4.40. The molecule has 2 nitrogen and oxygen atoms in total. The number of piperidine rings is 1. The maximum absolute atomic E-state index is 6.48. The van der Waals surface area contributed by atoms with Gasteiger partial charge in [-0.15, -0.1) is 0 Å². The topological polar surface area (TPSA) is 12.5 Å². The van der Waals surface area contributed by atoms with Gasteiger partial charge in [0.1, 0.15) is 5.75 Å². The van der Waals surface area contributed by atoms with Gasteiger partial charge in [-0.3, -0.25) is 0 Å². The third-order valence-corrected chi connectivity index (χ3v) is 10.0. The molecule has 4 aliphatic rings. The fourth-order valence-corrected chi connectivity index (χ4v) is 8.60. The fraction of sp³-hybridized carbons (Fsp3) is 0.769. The van der Waals surface area contributed by atoms with Crippen LogP contribution in [0.2, 0.25) is 5.02 Å². The van der Waals surface area contributed by atoms with Crippen LogP contribution in [0, 0.1) is 34.5 Å². The van der Waals surface area contributed by atoms with Crippen LogP contribution in [0.1, 0.15) is 65.7 Å². The van der Waals surface area contributed by atoms with E-state index >= 15 is 0 Å². The largest absolute Gasteiger partial charge is 0.490 e. The number of ether oxygens (including phenoxy) is 1. The smallest absolute Gasteiger partial charge is 0.119 e. The highest BCUT2D eigenvalue weighted by Gasteiger charge is 2.61. The van der Waals surface area contributed by atoms with E-state index in [-0.39, 0.29) is 0 Å². The van der Waals surface area contributed by atoms with Gasteiger partial charge in [0.15, 0.2) is 0 Å². The predicted octanol–water partition coefficient (Wildman–Crippen LogP) is 6.67. The number of benzene rings is 1. The van der Waals surface area contributed by atoms with E-state index in [1.54, 1.807) is 0 Å². The molecule has 3 heteroatoms. The SMILES string of the molecule is CC1CC2N(C)CCC[C@]2(C)[C@@H]2CC[C@]3(C)CC(Oc4ccc(Cl)cc4)C[C@H]3[C@H]12. The molecule has 160 valence electrons. The number of nitrogens with zero attached hydrogens (tertiary/aromatic N) is 1. The zero-order valence-electron chi connectivity index (χ0n) is 18.7. The summed E-state index contributed by atoms with van der Waals surface area (Å²) < 4.78 is 6.48. The summed E-state index contributed by atoms with van der Waals surface area (Å²) in [6, 6.07) is 8.74. The molecular formula is C26H38ClNO. The summed E-state index contributed by atoms with van der Waals surface area (Å²) >= 11 is 6.06. The second-order valence-electron chi connectivity index (χ2n) is 11.4. The number of likely N-dealkylation sites (tertiary alicyclic amines) is 1. The van der Waals surface area contributed by atoms with Crippen molar-refractivity contribution in [3.63, 3.8) is 0 Å². The molecular weight excluding hydrogens is 378 g/mol.